The number of hydrogen-bond acceptors (Lipinski definition) is 4. The molecular formula is C22H28N2O4. The van der Waals surface area contributed by atoms with Gasteiger partial charge in [-0.15, -0.1) is 0 Å². The molecule has 6 nitrogen and oxygen atoms in total. The minimum Gasteiger partial charge on any atom is -0.497 e. The molecule has 150 valence electrons. The number of likely N-dealkylation sites (N-methyl/N-ethyl adjacent to an activating group) is 1. The Hall–Kier alpha value is -3.02. The molecule has 1 atom stereocenters. The molecule has 1 unspecified atom stereocenters. The van der Waals surface area contributed by atoms with Gasteiger partial charge in [0.15, 0.2) is 6.61 Å². The number of aryl methyl sites for hydroxylation is 2. The molecule has 0 saturated carbocycles. The lowest BCUT2D eigenvalue weighted by Gasteiger charge is -2.28. The maximum absolute atomic E-state index is 12.9. The van der Waals surface area contributed by atoms with Crippen LogP contribution in [-0.4, -0.2) is 43.5 Å². The summed E-state index contributed by atoms with van der Waals surface area (Å²) in [4.78, 5) is 26.6. The van der Waals surface area contributed by atoms with Crippen molar-refractivity contribution in [3.63, 3.8) is 0 Å². The Kier molecular flexibility index (Phi) is 7.44. The molecule has 2 aromatic rings. The van der Waals surface area contributed by atoms with Gasteiger partial charge in [-0.1, -0.05) is 29.8 Å². The first-order chi connectivity index (χ1) is 13.3. The molecule has 6 heteroatoms. The Morgan fingerprint density at radius 1 is 1.14 bits per heavy atom. The monoisotopic (exact) mass is 384 g/mol. The number of carbonyl (C=O) groups is 2. The molecule has 0 aliphatic carbocycles. The largest absolute Gasteiger partial charge is 0.497 e. The van der Waals surface area contributed by atoms with Crippen LogP contribution in [0.1, 0.15) is 23.6 Å². The average Bonchev–Trinajstić information content (AvgIpc) is 2.70. The van der Waals surface area contributed by atoms with Gasteiger partial charge in [0.1, 0.15) is 17.5 Å². The quantitative estimate of drug-likeness (QED) is 0.760. The Morgan fingerprint density at radius 2 is 1.89 bits per heavy atom. The van der Waals surface area contributed by atoms with E-state index in [0.717, 1.165) is 16.7 Å². The Morgan fingerprint density at radius 3 is 2.54 bits per heavy atom. The normalized spacial score (nSPS) is 11.5. The Balaban J connectivity index is 2.17. The number of amides is 2. The fraction of sp³-hybridized carbons (Fsp3) is 0.364. The van der Waals surface area contributed by atoms with Crippen LogP contribution in [0.25, 0.3) is 0 Å². The van der Waals surface area contributed by atoms with Crippen molar-refractivity contribution in [2.75, 3.05) is 20.8 Å². The van der Waals surface area contributed by atoms with Crippen molar-refractivity contribution in [2.45, 2.75) is 33.4 Å². The standard InChI is InChI=1S/C22H28N2O4/c1-15-9-10-20(16(2)11-15)28-14-21(25)24(17(3)22(26)23-4)13-18-7-6-8-19(12-18)27-5/h6-12,17H,13-14H2,1-5H3,(H,23,26). The van der Waals surface area contributed by atoms with Gasteiger partial charge < -0.3 is 19.7 Å². The smallest absolute Gasteiger partial charge is 0.261 e. The highest BCUT2D eigenvalue weighted by molar-refractivity contribution is 5.87. The highest BCUT2D eigenvalue weighted by atomic mass is 16.5. The summed E-state index contributed by atoms with van der Waals surface area (Å²) in [5.74, 6) is 0.860. The Bertz CT molecular complexity index is 835. The van der Waals surface area contributed by atoms with E-state index in [-0.39, 0.29) is 25.0 Å². The van der Waals surface area contributed by atoms with Gasteiger partial charge in [-0.05, 0) is 50.1 Å². The van der Waals surface area contributed by atoms with Crippen LogP contribution in [0.15, 0.2) is 42.5 Å². The summed E-state index contributed by atoms with van der Waals surface area (Å²) in [6.45, 7) is 5.78. The van der Waals surface area contributed by atoms with E-state index in [1.54, 1.807) is 21.1 Å². The van der Waals surface area contributed by atoms with Crippen molar-refractivity contribution in [1.82, 2.24) is 10.2 Å². The summed E-state index contributed by atoms with van der Waals surface area (Å²) in [5.41, 5.74) is 2.96. The lowest BCUT2D eigenvalue weighted by Crippen LogP contribution is -2.48. The number of methoxy groups -OCH3 is 1. The number of nitrogens with zero attached hydrogens (tertiary/aromatic N) is 1. The fourth-order valence-electron chi connectivity index (χ4n) is 2.94. The first-order valence-corrected chi connectivity index (χ1v) is 9.19. The SMILES string of the molecule is CNC(=O)C(C)N(Cc1cccc(OC)c1)C(=O)COc1ccc(C)cc1C. The highest BCUT2D eigenvalue weighted by Crippen LogP contribution is 2.20. The van der Waals surface area contributed by atoms with Crippen molar-refractivity contribution in [1.29, 1.82) is 0 Å². The molecule has 0 bridgehead atoms. The van der Waals surface area contributed by atoms with Crippen molar-refractivity contribution in [3.05, 3.63) is 59.2 Å². The summed E-state index contributed by atoms with van der Waals surface area (Å²) in [5, 5.41) is 2.60. The first kappa shape index (κ1) is 21.3. The van der Waals surface area contributed by atoms with Crippen LogP contribution in [0.5, 0.6) is 11.5 Å². The van der Waals surface area contributed by atoms with Gasteiger partial charge in [0, 0.05) is 13.6 Å². The van der Waals surface area contributed by atoms with E-state index in [1.165, 1.54) is 4.90 Å². The molecule has 1 N–H and O–H groups in total. The van der Waals surface area contributed by atoms with Crippen LogP contribution >= 0.6 is 0 Å². The van der Waals surface area contributed by atoms with Gasteiger partial charge >= 0.3 is 0 Å². The lowest BCUT2D eigenvalue weighted by molar-refractivity contribution is -0.142. The van der Waals surface area contributed by atoms with Crippen molar-refractivity contribution >= 4 is 11.8 Å². The number of carbonyl (C=O) groups excluding carboxylic acids is 2. The predicted octanol–water partition coefficient (Wildman–Crippen LogP) is 2.85. The molecule has 0 spiro atoms. The third kappa shape index (κ3) is 5.49. The van der Waals surface area contributed by atoms with E-state index < -0.39 is 6.04 Å². The zero-order valence-electron chi connectivity index (χ0n) is 17.1. The third-order valence-corrected chi connectivity index (χ3v) is 4.58. The second-order valence-electron chi connectivity index (χ2n) is 6.72. The maximum Gasteiger partial charge on any atom is 0.261 e. The summed E-state index contributed by atoms with van der Waals surface area (Å²) in [6.07, 6.45) is 0. The van der Waals surface area contributed by atoms with Gasteiger partial charge in [0.2, 0.25) is 5.91 Å². The molecule has 0 aliphatic rings. The lowest BCUT2D eigenvalue weighted by atomic mass is 10.1. The van der Waals surface area contributed by atoms with Gasteiger partial charge in [0.05, 0.1) is 7.11 Å². The summed E-state index contributed by atoms with van der Waals surface area (Å²) in [7, 11) is 3.14. The minimum absolute atomic E-state index is 0.144. The van der Waals surface area contributed by atoms with E-state index in [9.17, 15) is 9.59 Å². The molecular weight excluding hydrogens is 356 g/mol. The second kappa shape index (κ2) is 9.78. The van der Waals surface area contributed by atoms with Crippen molar-refractivity contribution in [2.24, 2.45) is 0 Å². The van der Waals surface area contributed by atoms with E-state index in [1.807, 2.05) is 56.3 Å². The summed E-state index contributed by atoms with van der Waals surface area (Å²) >= 11 is 0. The summed E-state index contributed by atoms with van der Waals surface area (Å²) in [6, 6.07) is 12.6. The van der Waals surface area contributed by atoms with E-state index >= 15 is 0 Å². The fourth-order valence-corrected chi connectivity index (χ4v) is 2.94. The second-order valence-corrected chi connectivity index (χ2v) is 6.72. The topological polar surface area (TPSA) is 67.9 Å². The third-order valence-electron chi connectivity index (χ3n) is 4.58. The van der Waals surface area contributed by atoms with Gasteiger partial charge in [0.25, 0.3) is 5.91 Å². The molecule has 2 rings (SSSR count). The van der Waals surface area contributed by atoms with Gasteiger partial charge in [-0.25, -0.2) is 0 Å². The predicted molar refractivity (Wildman–Crippen MR) is 108 cm³/mol. The molecule has 0 radical (unpaired) electrons. The number of rotatable bonds is 8. The first-order valence-electron chi connectivity index (χ1n) is 9.19. The van der Waals surface area contributed by atoms with Crippen LogP contribution < -0.4 is 14.8 Å². The molecule has 0 aromatic heterocycles. The van der Waals surface area contributed by atoms with E-state index in [4.69, 9.17) is 9.47 Å². The van der Waals surface area contributed by atoms with Crippen LogP contribution in [0.3, 0.4) is 0 Å². The van der Waals surface area contributed by atoms with Crippen molar-refractivity contribution in [3.8, 4) is 11.5 Å². The zero-order chi connectivity index (χ0) is 20.7. The van der Waals surface area contributed by atoms with Gasteiger partial charge in [-0.2, -0.15) is 0 Å². The average molecular weight is 384 g/mol. The minimum atomic E-state index is -0.633. The molecule has 2 aromatic carbocycles. The Labute approximate surface area is 166 Å². The molecule has 0 aliphatic heterocycles. The van der Waals surface area contributed by atoms with Gasteiger partial charge in [-0.3, -0.25) is 9.59 Å². The highest BCUT2D eigenvalue weighted by Gasteiger charge is 2.26. The van der Waals surface area contributed by atoms with Crippen molar-refractivity contribution < 1.29 is 19.1 Å². The zero-order valence-corrected chi connectivity index (χ0v) is 17.1. The molecule has 28 heavy (non-hydrogen) atoms. The molecule has 2 amide bonds. The molecule has 0 fully saturated rings. The number of ether oxygens (including phenoxy) is 2. The van der Waals surface area contributed by atoms with E-state index in [2.05, 4.69) is 5.32 Å². The van der Waals surface area contributed by atoms with Crippen LogP contribution in [0.4, 0.5) is 0 Å². The maximum atomic E-state index is 12.9. The molecule has 0 heterocycles. The summed E-state index contributed by atoms with van der Waals surface area (Å²) < 4.78 is 11.0. The molecule has 0 saturated heterocycles. The number of benzene rings is 2. The van der Waals surface area contributed by atoms with E-state index in [0.29, 0.717) is 11.5 Å². The van der Waals surface area contributed by atoms with Crippen LogP contribution in [0.2, 0.25) is 0 Å². The van der Waals surface area contributed by atoms with Crippen LogP contribution in [-0.2, 0) is 16.1 Å². The van der Waals surface area contributed by atoms with Crippen LogP contribution in [0, 0.1) is 13.8 Å². The number of nitrogens with one attached hydrogen (secondary N) is 1. The number of hydrogen-bond donors (Lipinski definition) is 1.